The van der Waals surface area contributed by atoms with Gasteiger partial charge in [0, 0.05) is 18.7 Å². The molecule has 0 aliphatic heterocycles. The number of aromatic nitrogens is 3. The number of aryl methyl sites for hydroxylation is 1. The van der Waals surface area contributed by atoms with E-state index in [4.69, 9.17) is 0 Å². The fourth-order valence-corrected chi connectivity index (χ4v) is 3.01. The van der Waals surface area contributed by atoms with E-state index in [9.17, 15) is 13.6 Å². The second kappa shape index (κ2) is 7.65. The van der Waals surface area contributed by atoms with E-state index in [0.29, 0.717) is 11.0 Å². The molecule has 134 valence electrons. The zero-order valence-electron chi connectivity index (χ0n) is 14.2. The molecule has 0 saturated heterocycles. The quantitative estimate of drug-likeness (QED) is 0.690. The van der Waals surface area contributed by atoms with Gasteiger partial charge in [-0.05, 0) is 19.1 Å². The van der Waals surface area contributed by atoms with Gasteiger partial charge in [0.25, 0.3) is 0 Å². The topological polar surface area (TPSA) is 59.8 Å². The van der Waals surface area contributed by atoms with Crippen molar-refractivity contribution < 1.29 is 13.6 Å². The van der Waals surface area contributed by atoms with Gasteiger partial charge in [-0.2, -0.15) is 0 Å². The van der Waals surface area contributed by atoms with Gasteiger partial charge in [-0.25, -0.2) is 8.78 Å². The number of hydrogen-bond donors (Lipinski definition) is 1. The van der Waals surface area contributed by atoms with E-state index in [2.05, 4.69) is 15.5 Å². The third-order valence-electron chi connectivity index (χ3n) is 3.68. The van der Waals surface area contributed by atoms with E-state index in [1.807, 2.05) is 38.2 Å². The zero-order chi connectivity index (χ0) is 18.7. The maximum Gasteiger partial charge on any atom is 0.234 e. The number of carbonyl (C=O) groups is 1. The van der Waals surface area contributed by atoms with Gasteiger partial charge in [0.15, 0.2) is 11.0 Å². The van der Waals surface area contributed by atoms with Gasteiger partial charge in [0.1, 0.15) is 11.6 Å². The van der Waals surface area contributed by atoms with E-state index >= 15 is 0 Å². The van der Waals surface area contributed by atoms with Gasteiger partial charge >= 0.3 is 0 Å². The first-order valence-electron chi connectivity index (χ1n) is 7.78. The lowest BCUT2D eigenvalue weighted by Gasteiger charge is -2.07. The lowest BCUT2D eigenvalue weighted by Crippen LogP contribution is -2.15. The van der Waals surface area contributed by atoms with Crippen molar-refractivity contribution in [3.63, 3.8) is 0 Å². The number of amides is 1. The Morgan fingerprint density at radius 2 is 1.88 bits per heavy atom. The number of carbonyl (C=O) groups excluding carboxylic acids is 1. The van der Waals surface area contributed by atoms with Crippen molar-refractivity contribution in [3.8, 4) is 11.4 Å². The van der Waals surface area contributed by atoms with Crippen LogP contribution in [0.4, 0.5) is 14.5 Å². The summed E-state index contributed by atoms with van der Waals surface area (Å²) < 4.78 is 28.3. The SMILES string of the molecule is Cc1ccc(-c2nnc(SCC(=O)Nc3ccc(F)cc3F)n2C)cc1. The van der Waals surface area contributed by atoms with Crippen molar-refractivity contribution in [2.24, 2.45) is 7.05 Å². The summed E-state index contributed by atoms with van der Waals surface area (Å²) in [6.45, 7) is 2.00. The van der Waals surface area contributed by atoms with E-state index in [-0.39, 0.29) is 11.4 Å². The average molecular weight is 374 g/mol. The second-order valence-electron chi connectivity index (χ2n) is 5.69. The summed E-state index contributed by atoms with van der Waals surface area (Å²) in [5.41, 5.74) is 2.01. The lowest BCUT2D eigenvalue weighted by molar-refractivity contribution is -0.113. The monoisotopic (exact) mass is 374 g/mol. The minimum absolute atomic E-state index is 0.0245. The number of nitrogens with one attached hydrogen (secondary N) is 1. The highest BCUT2D eigenvalue weighted by molar-refractivity contribution is 7.99. The molecule has 0 aliphatic rings. The van der Waals surface area contributed by atoms with Gasteiger partial charge in [0.2, 0.25) is 5.91 Å². The molecule has 0 bridgehead atoms. The van der Waals surface area contributed by atoms with E-state index in [1.165, 1.54) is 17.8 Å². The molecular formula is C18H16F2N4OS. The molecule has 8 heteroatoms. The maximum absolute atomic E-state index is 13.6. The van der Waals surface area contributed by atoms with Crippen LogP contribution >= 0.6 is 11.8 Å². The average Bonchev–Trinajstić information content (AvgIpc) is 2.97. The summed E-state index contributed by atoms with van der Waals surface area (Å²) in [7, 11) is 1.81. The number of rotatable bonds is 5. The van der Waals surface area contributed by atoms with Crippen LogP contribution in [0, 0.1) is 18.6 Å². The number of hydrogen-bond acceptors (Lipinski definition) is 4. The van der Waals surface area contributed by atoms with Crippen LogP contribution in [0.3, 0.4) is 0 Å². The fourth-order valence-electron chi connectivity index (χ4n) is 2.30. The predicted octanol–water partition coefficient (Wildman–Crippen LogP) is 3.80. The molecule has 1 N–H and O–H groups in total. The first-order valence-corrected chi connectivity index (χ1v) is 8.77. The smallest absolute Gasteiger partial charge is 0.234 e. The van der Waals surface area contributed by atoms with E-state index in [0.717, 1.165) is 23.3 Å². The molecule has 3 rings (SSSR count). The highest BCUT2D eigenvalue weighted by Crippen LogP contribution is 2.23. The molecule has 0 fully saturated rings. The summed E-state index contributed by atoms with van der Waals surface area (Å²) in [6, 6.07) is 10.9. The van der Waals surface area contributed by atoms with Crippen molar-refractivity contribution >= 4 is 23.4 Å². The molecule has 0 atom stereocenters. The third kappa shape index (κ3) is 4.08. The fraction of sp³-hybridized carbons (Fsp3) is 0.167. The van der Waals surface area contributed by atoms with Gasteiger partial charge in [-0.15, -0.1) is 10.2 Å². The van der Waals surface area contributed by atoms with Gasteiger partial charge in [0.05, 0.1) is 11.4 Å². The first kappa shape index (κ1) is 18.1. The van der Waals surface area contributed by atoms with Crippen LogP contribution in [-0.2, 0) is 11.8 Å². The normalized spacial score (nSPS) is 10.8. The predicted molar refractivity (Wildman–Crippen MR) is 96.9 cm³/mol. The van der Waals surface area contributed by atoms with Crippen LogP contribution in [0.2, 0.25) is 0 Å². The lowest BCUT2D eigenvalue weighted by atomic mass is 10.1. The Labute approximate surface area is 153 Å². The molecule has 5 nitrogen and oxygen atoms in total. The molecule has 0 radical (unpaired) electrons. The molecule has 1 heterocycles. The maximum atomic E-state index is 13.6. The molecule has 2 aromatic carbocycles. The van der Waals surface area contributed by atoms with E-state index in [1.54, 1.807) is 4.57 Å². The number of thioether (sulfide) groups is 1. The van der Waals surface area contributed by atoms with Crippen molar-refractivity contribution in [1.82, 2.24) is 14.8 Å². The molecule has 0 aliphatic carbocycles. The number of benzene rings is 2. The molecule has 0 saturated carbocycles. The molecule has 26 heavy (non-hydrogen) atoms. The van der Waals surface area contributed by atoms with Crippen LogP contribution in [0.15, 0.2) is 47.6 Å². The second-order valence-corrected chi connectivity index (χ2v) is 6.63. The van der Waals surface area contributed by atoms with Gasteiger partial charge in [-0.3, -0.25) is 4.79 Å². The van der Waals surface area contributed by atoms with Crippen LogP contribution in [0.1, 0.15) is 5.56 Å². The zero-order valence-corrected chi connectivity index (χ0v) is 15.0. The summed E-state index contributed by atoms with van der Waals surface area (Å²) >= 11 is 1.18. The van der Waals surface area contributed by atoms with Crippen LogP contribution in [0.25, 0.3) is 11.4 Å². The Morgan fingerprint density at radius 3 is 2.58 bits per heavy atom. The molecule has 1 amide bonds. The number of nitrogens with zero attached hydrogens (tertiary/aromatic N) is 3. The highest BCUT2D eigenvalue weighted by Gasteiger charge is 2.14. The largest absolute Gasteiger partial charge is 0.323 e. The van der Waals surface area contributed by atoms with Gasteiger partial charge in [-0.1, -0.05) is 41.6 Å². The number of anilines is 1. The van der Waals surface area contributed by atoms with Gasteiger partial charge < -0.3 is 9.88 Å². The Bertz CT molecular complexity index is 941. The standard InChI is InChI=1S/C18H16F2N4OS/c1-11-3-5-12(6-4-11)17-22-23-18(24(17)2)26-10-16(25)21-15-8-7-13(19)9-14(15)20/h3-9H,10H2,1-2H3,(H,21,25). The van der Waals surface area contributed by atoms with Crippen molar-refractivity contribution in [1.29, 1.82) is 0 Å². The van der Waals surface area contributed by atoms with E-state index < -0.39 is 17.5 Å². The number of halogens is 2. The summed E-state index contributed by atoms with van der Waals surface area (Å²) in [4.78, 5) is 12.0. The van der Waals surface area contributed by atoms with Crippen molar-refractivity contribution in [3.05, 3.63) is 59.7 Å². The Hall–Kier alpha value is -2.74. The van der Waals surface area contributed by atoms with Crippen LogP contribution in [-0.4, -0.2) is 26.4 Å². The first-order chi connectivity index (χ1) is 12.4. The molecule has 3 aromatic rings. The Morgan fingerprint density at radius 1 is 1.15 bits per heavy atom. The summed E-state index contributed by atoms with van der Waals surface area (Å²) in [5, 5.41) is 11.2. The minimum Gasteiger partial charge on any atom is -0.323 e. The highest BCUT2D eigenvalue weighted by atomic mass is 32.2. The molecular weight excluding hydrogens is 358 g/mol. The molecule has 1 aromatic heterocycles. The van der Waals surface area contributed by atoms with Crippen molar-refractivity contribution in [2.75, 3.05) is 11.1 Å². The van der Waals surface area contributed by atoms with Crippen LogP contribution in [0.5, 0.6) is 0 Å². The third-order valence-corrected chi connectivity index (χ3v) is 4.70. The summed E-state index contributed by atoms with van der Waals surface area (Å²) in [5.74, 6) is -1.21. The minimum atomic E-state index is -0.816. The Balaban J connectivity index is 1.64. The van der Waals surface area contributed by atoms with Crippen molar-refractivity contribution in [2.45, 2.75) is 12.1 Å². The molecule has 0 unspecified atom stereocenters. The molecule has 0 spiro atoms. The Kier molecular flexibility index (Phi) is 5.32. The van der Waals surface area contributed by atoms with Crippen LogP contribution < -0.4 is 5.32 Å². The summed E-state index contributed by atoms with van der Waals surface area (Å²) in [6.07, 6.45) is 0.